The third-order valence-corrected chi connectivity index (χ3v) is 4.38. The van der Waals surface area contributed by atoms with Gasteiger partial charge in [0.25, 0.3) is 5.69 Å². The van der Waals surface area contributed by atoms with Gasteiger partial charge in [-0.05, 0) is 18.9 Å². The molecule has 2 N–H and O–H groups in total. The number of H-pyrrole nitrogens is 2. The van der Waals surface area contributed by atoms with Crippen molar-refractivity contribution in [3.63, 3.8) is 0 Å². The number of aromatic nitrogens is 2. The number of benzene rings is 1. The fourth-order valence-corrected chi connectivity index (χ4v) is 3.04. The summed E-state index contributed by atoms with van der Waals surface area (Å²) in [6.07, 6.45) is 1.98. The minimum absolute atomic E-state index is 0. The van der Waals surface area contributed by atoms with Crippen LogP contribution in [0, 0.1) is 10.1 Å². The Morgan fingerprint density at radius 3 is 2.28 bits per heavy atom. The molecule has 1 aromatic heterocycles. The number of aromatic amines is 2. The molecule has 2 aromatic rings. The number of nitro groups is 1. The molecule has 1 aliphatic rings. The summed E-state index contributed by atoms with van der Waals surface area (Å²) in [5.41, 5.74) is -0.542. The maximum Gasteiger partial charge on any atom is 0.314 e. The predicted molar refractivity (Wildman–Crippen MR) is 94.4 cm³/mol. The fraction of sp³-hybridized carbons (Fsp3) is 0.467. The standard InChI is InChI=1S/C15H18N4O5.ClH/c1-24-10-2-4-18(5-3-10)8-9-6-11-12(7-13(9)19(22)23)17-15(21)14(20)16-11;/h6-7,10H,2-5,8H2,1H3,(H,16,20)(H,17,21);1H. The number of fused-ring (bicyclic) bond motifs is 1. The normalized spacial score (nSPS) is 15.9. The highest BCUT2D eigenvalue weighted by Gasteiger charge is 2.23. The SMILES string of the molecule is COC1CCN(Cc2cc3[nH]c(=O)c(=O)[nH]c3cc2[N+](=O)[O-])CC1.Cl. The number of ether oxygens (including phenoxy) is 1. The second-order valence-corrected chi connectivity index (χ2v) is 5.90. The van der Waals surface area contributed by atoms with Crippen LogP contribution in [0.3, 0.4) is 0 Å². The molecule has 0 bridgehead atoms. The smallest absolute Gasteiger partial charge is 0.314 e. The van der Waals surface area contributed by atoms with E-state index in [2.05, 4.69) is 14.9 Å². The molecule has 1 aliphatic heterocycles. The third kappa shape index (κ3) is 4.06. The van der Waals surface area contributed by atoms with Gasteiger partial charge in [-0.3, -0.25) is 24.6 Å². The third-order valence-electron chi connectivity index (χ3n) is 4.38. The van der Waals surface area contributed by atoms with Gasteiger partial charge < -0.3 is 14.7 Å². The minimum Gasteiger partial charge on any atom is -0.381 e. The first-order chi connectivity index (χ1) is 11.5. The molecule has 0 saturated carbocycles. The van der Waals surface area contributed by atoms with Crippen LogP contribution in [0.15, 0.2) is 21.7 Å². The van der Waals surface area contributed by atoms with E-state index < -0.39 is 16.0 Å². The van der Waals surface area contributed by atoms with Crippen molar-refractivity contribution in [1.29, 1.82) is 0 Å². The molecule has 1 aromatic carbocycles. The molecule has 3 rings (SSSR count). The largest absolute Gasteiger partial charge is 0.381 e. The van der Waals surface area contributed by atoms with Crippen molar-refractivity contribution in [1.82, 2.24) is 14.9 Å². The van der Waals surface area contributed by atoms with Crippen LogP contribution in [0.5, 0.6) is 0 Å². The predicted octanol–water partition coefficient (Wildman–Crippen LogP) is 1.16. The number of nitrogens with zero attached hydrogens (tertiary/aromatic N) is 2. The Kier molecular flexibility index (Phi) is 5.93. The summed E-state index contributed by atoms with van der Waals surface area (Å²) in [5, 5.41) is 11.4. The van der Waals surface area contributed by atoms with E-state index in [-0.39, 0.29) is 29.7 Å². The van der Waals surface area contributed by atoms with Crippen molar-refractivity contribution in [2.45, 2.75) is 25.5 Å². The Bertz CT molecular complexity index is 886. The second kappa shape index (κ2) is 7.77. The van der Waals surface area contributed by atoms with Crippen molar-refractivity contribution >= 4 is 29.1 Å². The van der Waals surface area contributed by atoms with E-state index in [9.17, 15) is 19.7 Å². The molecule has 10 heteroatoms. The Balaban J connectivity index is 0.00000225. The lowest BCUT2D eigenvalue weighted by molar-refractivity contribution is -0.385. The van der Waals surface area contributed by atoms with Gasteiger partial charge in [0, 0.05) is 38.4 Å². The molecule has 9 nitrogen and oxygen atoms in total. The molecule has 1 saturated heterocycles. The van der Waals surface area contributed by atoms with Gasteiger partial charge in [-0.15, -0.1) is 12.4 Å². The molecular weight excluding hydrogens is 352 g/mol. The van der Waals surface area contributed by atoms with E-state index >= 15 is 0 Å². The Hall–Kier alpha value is -2.23. The van der Waals surface area contributed by atoms with Crippen molar-refractivity contribution in [3.8, 4) is 0 Å². The lowest BCUT2D eigenvalue weighted by Gasteiger charge is -2.31. The first-order valence-electron chi connectivity index (χ1n) is 7.66. The molecule has 0 spiro atoms. The van der Waals surface area contributed by atoms with Gasteiger partial charge in [-0.2, -0.15) is 0 Å². The number of hydrogen-bond acceptors (Lipinski definition) is 6. The van der Waals surface area contributed by atoms with Crippen LogP contribution in [0.1, 0.15) is 18.4 Å². The highest BCUT2D eigenvalue weighted by molar-refractivity contribution is 5.85. The van der Waals surface area contributed by atoms with Crippen LogP contribution in [0.2, 0.25) is 0 Å². The monoisotopic (exact) mass is 370 g/mol. The highest BCUT2D eigenvalue weighted by atomic mass is 35.5. The molecule has 0 unspecified atom stereocenters. The number of nitro benzene ring substituents is 1. The van der Waals surface area contributed by atoms with Crippen molar-refractivity contribution in [2.75, 3.05) is 20.2 Å². The number of likely N-dealkylation sites (tertiary alicyclic amines) is 1. The van der Waals surface area contributed by atoms with Gasteiger partial charge in [0.15, 0.2) is 0 Å². The highest BCUT2D eigenvalue weighted by Crippen LogP contribution is 2.25. The van der Waals surface area contributed by atoms with Crippen LogP contribution < -0.4 is 11.1 Å². The first-order valence-corrected chi connectivity index (χ1v) is 7.66. The summed E-state index contributed by atoms with van der Waals surface area (Å²) in [5.74, 6) is 0. The number of halogens is 1. The topological polar surface area (TPSA) is 121 Å². The molecule has 25 heavy (non-hydrogen) atoms. The lowest BCUT2D eigenvalue weighted by atomic mass is 10.1. The zero-order valence-electron chi connectivity index (χ0n) is 13.6. The summed E-state index contributed by atoms with van der Waals surface area (Å²) in [6, 6.07) is 2.86. The van der Waals surface area contributed by atoms with Crippen LogP contribution in [0.25, 0.3) is 11.0 Å². The molecule has 0 amide bonds. The van der Waals surface area contributed by atoms with Gasteiger partial charge in [-0.1, -0.05) is 0 Å². The van der Waals surface area contributed by atoms with Gasteiger partial charge in [0.2, 0.25) is 0 Å². The van der Waals surface area contributed by atoms with Gasteiger partial charge in [0.05, 0.1) is 22.1 Å². The zero-order valence-corrected chi connectivity index (χ0v) is 14.4. The summed E-state index contributed by atoms with van der Waals surface area (Å²) in [7, 11) is 1.69. The summed E-state index contributed by atoms with van der Waals surface area (Å²) in [4.78, 5) is 40.7. The number of methoxy groups -OCH3 is 1. The Morgan fingerprint density at radius 2 is 1.76 bits per heavy atom. The van der Waals surface area contributed by atoms with E-state index in [1.165, 1.54) is 6.07 Å². The number of piperidine rings is 1. The molecule has 1 fully saturated rings. The van der Waals surface area contributed by atoms with Crippen LogP contribution in [-0.2, 0) is 11.3 Å². The fourth-order valence-electron chi connectivity index (χ4n) is 3.04. The number of nitrogens with one attached hydrogen (secondary N) is 2. The quantitative estimate of drug-likeness (QED) is 0.473. The van der Waals surface area contributed by atoms with E-state index in [1.54, 1.807) is 13.2 Å². The zero-order chi connectivity index (χ0) is 17.3. The molecule has 0 radical (unpaired) electrons. The average molecular weight is 371 g/mol. The van der Waals surface area contributed by atoms with Crippen LogP contribution in [0.4, 0.5) is 5.69 Å². The van der Waals surface area contributed by atoms with Gasteiger partial charge in [0.1, 0.15) is 0 Å². The minimum atomic E-state index is -0.828. The van der Waals surface area contributed by atoms with Crippen molar-refractivity contribution in [2.24, 2.45) is 0 Å². The average Bonchev–Trinajstić information content (AvgIpc) is 2.56. The summed E-state index contributed by atoms with van der Waals surface area (Å²) < 4.78 is 5.33. The Labute approximate surface area is 148 Å². The number of rotatable bonds is 4. The molecule has 136 valence electrons. The molecule has 0 atom stereocenters. The van der Waals surface area contributed by atoms with E-state index in [0.717, 1.165) is 25.9 Å². The van der Waals surface area contributed by atoms with Crippen LogP contribution in [-0.4, -0.2) is 46.1 Å². The molecule has 2 heterocycles. The van der Waals surface area contributed by atoms with Gasteiger partial charge >= 0.3 is 11.1 Å². The lowest BCUT2D eigenvalue weighted by Crippen LogP contribution is -2.36. The molecular formula is C15H19ClN4O5. The van der Waals surface area contributed by atoms with Gasteiger partial charge in [-0.25, -0.2) is 0 Å². The molecule has 0 aliphatic carbocycles. The van der Waals surface area contributed by atoms with E-state index in [0.29, 0.717) is 17.6 Å². The maximum atomic E-state index is 11.5. The van der Waals surface area contributed by atoms with E-state index in [1.807, 2.05) is 0 Å². The second-order valence-electron chi connectivity index (χ2n) is 5.90. The summed E-state index contributed by atoms with van der Waals surface area (Å²) in [6.45, 7) is 1.98. The van der Waals surface area contributed by atoms with Crippen molar-refractivity contribution in [3.05, 3.63) is 48.5 Å². The first kappa shape index (κ1) is 19.1. The van der Waals surface area contributed by atoms with Crippen molar-refractivity contribution < 1.29 is 9.66 Å². The Morgan fingerprint density at radius 1 is 1.20 bits per heavy atom. The van der Waals surface area contributed by atoms with E-state index in [4.69, 9.17) is 4.74 Å². The maximum absolute atomic E-state index is 11.5. The van der Waals surface area contributed by atoms with Crippen LogP contribution >= 0.6 is 12.4 Å². The number of hydrogen-bond donors (Lipinski definition) is 2. The summed E-state index contributed by atoms with van der Waals surface area (Å²) >= 11 is 0.